The molecule has 0 bridgehead atoms. The molecule has 1 saturated heterocycles. The van der Waals surface area contributed by atoms with E-state index in [-0.39, 0.29) is 11.2 Å². The Bertz CT molecular complexity index is 484. The monoisotopic (exact) mass is 282 g/mol. The van der Waals surface area contributed by atoms with Crippen molar-refractivity contribution in [2.24, 2.45) is 0 Å². The first-order valence-corrected chi connectivity index (χ1v) is 6.76. The highest BCUT2D eigenvalue weighted by atomic mass is 35.5. The Morgan fingerprint density at radius 3 is 2.11 bits per heavy atom. The van der Waals surface area contributed by atoms with Gasteiger partial charge >= 0.3 is 7.12 Å². The van der Waals surface area contributed by atoms with Gasteiger partial charge in [0.05, 0.1) is 23.3 Å². The largest absolute Gasteiger partial charge is 0.498 e. The zero-order chi connectivity index (χ0) is 14.4. The maximum absolute atomic E-state index is 6.28. The van der Waals surface area contributed by atoms with Crippen LogP contribution in [0.1, 0.15) is 33.3 Å². The van der Waals surface area contributed by atoms with E-state index >= 15 is 0 Å². The molecule has 0 atom stereocenters. The van der Waals surface area contributed by atoms with Gasteiger partial charge in [-0.3, -0.25) is 0 Å². The van der Waals surface area contributed by atoms with Gasteiger partial charge in [-0.05, 0) is 40.2 Å². The van der Waals surface area contributed by atoms with E-state index in [9.17, 15) is 0 Å². The molecule has 0 saturated carbocycles. The Labute approximate surface area is 120 Å². The van der Waals surface area contributed by atoms with Crippen molar-refractivity contribution in [2.75, 3.05) is 7.11 Å². The number of halogens is 1. The summed E-state index contributed by atoms with van der Waals surface area (Å²) in [6, 6.07) is 3.90. The molecule has 5 heteroatoms. The van der Waals surface area contributed by atoms with Crippen molar-refractivity contribution >= 4 is 24.2 Å². The predicted octanol–water partition coefficient (Wildman–Crippen LogP) is 2.96. The average molecular weight is 283 g/mol. The first-order chi connectivity index (χ1) is 8.69. The number of hydrogen-bond acceptors (Lipinski definition) is 3. The number of ether oxygens (including phenoxy) is 1. The summed E-state index contributed by atoms with van der Waals surface area (Å²) >= 11 is 6.28. The van der Waals surface area contributed by atoms with Gasteiger partial charge in [0.25, 0.3) is 0 Å². The van der Waals surface area contributed by atoms with E-state index < -0.39 is 7.12 Å². The van der Waals surface area contributed by atoms with Crippen molar-refractivity contribution in [1.82, 2.24) is 0 Å². The molecule has 2 rings (SSSR count). The van der Waals surface area contributed by atoms with E-state index in [1.807, 2.05) is 46.8 Å². The van der Waals surface area contributed by atoms with Gasteiger partial charge in [-0.15, -0.1) is 0 Å². The second-order valence-corrected chi connectivity index (χ2v) is 6.29. The van der Waals surface area contributed by atoms with Crippen molar-refractivity contribution in [3.63, 3.8) is 0 Å². The fraction of sp³-hybridized carbons (Fsp3) is 0.571. The zero-order valence-electron chi connectivity index (χ0n) is 12.3. The molecule has 1 heterocycles. The van der Waals surface area contributed by atoms with Gasteiger partial charge in [0.1, 0.15) is 5.75 Å². The molecular formula is C14H20BClO3. The van der Waals surface area contributed by atoms with E-state index in [2.05, 4.69) is 0 Å². The lowest BCUT2D eigenvalue weighted by Crippen LogP contribution is -2.41. The third kappa shape index (κ3) is 2.37. The molecule has 0 aromatic heterocycles. The molecule has 1 aliphatic heterocycles. The molecule has 0 spiro atoms. The molecule has 104 valence electrons. The molecule has 3 nitrogen and oxygen atoms in total. The summed E-state index contributed by atoms with van der Waals surface area (Å²) in [6.45, 7) is 10.0. The highest BCUT2D eigenvalue weighted by molar-refractivity contribution is 6.63. The summed E-state index contributed by atoms with van der Waals surface area (Å²) < 4.78 is 17.5. The van der Waals surface area contributed by atoms with Gasteiger partial charge in [-0.25, -0.2) is 0 Å². The molecule has 1 fully saturated rings. The molecule has 0 amide bonds. The normalized spacial score (nSPS) is 20.7. The number of rotatable bonds is 2. The smallest absolute Gasteiger partial charge is 0.496 e. The van der Waals surface area contributed by atoms with Crippen molar-refractivity contribution in [3.05, 3.63) is 22.7 Å². The molecule has 0 aliphatic carbocycles. The summed E-state index contributed by atoms with van der Waals surface area (Å²) in [7, 11) is 1.15. The topological polar surface area (TPSA) is 27.7 Å². The van der Waals surface area contributed by atoms with Gasteiger partial charge in [0.15, 0.2) is 0 Å². The predicted molar refractivity (Wildman–Crippen MR) is 78.5 cm³/mol. The fourth-order valence-corrected chi connectivity index (χ4v) is 2.28. The van der Waals surface area contributed by atoms with E-state index in [4.69, 9.17) is 25.6 Å². The van der Waals surface area contributed by atoms with Crippen molar-refractivity contribution in [3.8, 4) is 5.75 Å². The van der Waals surface area contributed by atoms with Crippen LogP contribution in [-0.4, -0.2) is 25.4 Å². The minimum Gasteiger partial charge on any atom is -0.496 e. The molecular weight excluding hydrogens is 262 g/mol. The number of methoxy groups -OCH3 is 1. The van der Waals surface area contributed by atoms with Crippen LogP contribution < -0.4 is 10.2 Å². The molecule has 1 aromatic rings. The SMILES string of the molecule is COc1c(B2OC(C)(C)C(C)(C)O2)ccc(C)c1Cl. The molecule has 0 N–H and O–H groups in total. The summed E-state index contributed by atoms with van der Waals surface area (Å²) in [5.74, 6) is 0.625. The number of aryl methyl sites for hydroxylation is 1. The second kappa shape index (κ2) is 4.69. The Morgan fingerprint density at radius 1 is 1.11 bits per heavy atom. The maximum atomic E-state index is 6.28. The van der Waals surface area contributed by atoms with Gasteiger partial charge in [0, 0.05) is 5.46 Å². The quantitative estimate of drug-likeness (QED) is 0.781. The molecule has 0 radical (unpaired) electrons. The van der Waals surface area contributed by atoms with Crippen molar-refractivity contribution in [1.29, 1.82) is 0 Å². The highest BCUT2D eigenvalue weighted by Gasteiger charge is 2.52. The Morgan fingerprint density at radius 2 is 1.63 bits per heavy atom. The van der Waals surface area contributed by atoms with Gasteiger partial charge in [0.2, 0.25) is 0 Å². The summed E-state index contributed by atoms with van der Waals surface area (Å²) in [4.78, 5) is 0. The van der Waals surface area contributed by atoms with E-state index in [1.54, 1.807) is 7.11 Å². The fourth-order valence-electron chi connectivity index (χ4n) is 2.03. The van der Waals surface area contributed by atoms with Crippen LogP contribution in [0.3, 0.4) is 0 Å². The van der Waals surface area contributed by atoms with Crippen LogP contribution in [0.4, 0.5) is 0 Å². The van der Waals surface area contributed by atoms with Crippen LogP contribution in [0, 0.1) is 6.92 Å². The van der Waals surface area contributed by atoms with Gasteiger partial charge in [-0.1, -0.05) is 23.7 Å². The van der Waals surface area contributed by atoms with Crippen LogP contribution in [0.5, 0.6) is 5.75 Å². The lowest BCUT2D eigenvalue weighted by Gasteiger charge is -2.32. The van der Waals surface area contributed by atoms with E-state index in [0.717, 1.165) is 11.0 Å². The maximum Gasteiger partial charge on any atom is 0.498 e. The van der Waals surface area contributed by atoms with Crippen LogP contribution >= 0.6 is 11.6 Å². The van der Waals surface area contributed by atoms with Crippen LogP contribution in [0.2, 0.25) is 5.02 Å². The Kier molecular flexibility index (Phi) is 3.63. The molecule has 1 aliphatic rings. The Balaban J connectivity index is 2.43. The summed E-state index contributed by atoms with van der Waals surface area (Å²) in [6.07, 6.45) is 0. The Hall–Kier alpha value is -0.705. The number of hydrogen-bond donors (Lipinski definition) is 0. The first kappa shape index (κ1) is 14.7. The first-order valence-electron chi connectivity index (χ1n) is 6.38. The third-order valence-corrected chi connectivity index (χ3v) is 4.50. The van der Waals surface area contributed by atoms with Gasteiger partial charge in [-0.2, -0.15) is 0 Å². The van der Waals surface area contributed by atoms with E-state index in [0.29, 0.717) is 10.8 Å². The van der Waals surface area contributed by atoms with Crippen LogP contribution in [0.25, 0.3) is 0 Å². The highest BCUT2D eigenvalue weighted by Crippen LogP contribution is 2.38. The molecule has 1 aromatic carbocycles. The number of benzene rings is 1. The lowest BCUT2D eigenvalue weighted by molar-refractivity contribution is 0.00578. The summed E-state index contributed by atoms with van der Waals surface area (Å²) in [5, 5.41) is 0.606. The van der Waals surface area contributed by atoms with Crippen LogP contribution in [0.15, 0.2) is 12.1 Å². The average Bonchev–Trinajstić information content (AvgIpc) is 2.51. The standard InChI is InChI=1S/C14H20BClO3/c1-9-7-8-10(12(17-6)11(9)16)15-18-13(2,3)14(4,5)19-15/h7-8H,1-6H3. The zero-order valence-corrected chi connectivity index (χ0v) is 13.1. The van der Waals surface area contributed by atoms with Crippen molar-refractivity contribution in [2.45, 2.75) is 45.8 Å². The second-order valence-electron chi connectivity index (χ2n) is 5.91. The van der Waals surface area contributed by atoms with E-state index in [1.165, 1.54) is 0 Å². The third-order valence-electron chi connectivity index (χ3n) is 4.03. The lowest BCUT2D eigenvalue weighted by atomic mass is 9.78. The minimum absolute atomic E-state index is 0.375. The summed E-state index contributed by atoms with van der Waals surface area (Å²) in [5.41, 5.74) is 1.05. The van der Waals surface area contributed by atoms with Gasteiger partial charge < -0.3 is 14.0 Å². The molecule has 0 unspecified atom stereocenters. The minimum atomic E-state index is -0.460. The molecule has 19 heavy (non-hydrogen) atoms. The van der Waals surface area contributed by atoms with Crippen molar-refractivity contribution < 1.29 is 14.0 Å². The van der Waals surface area contributed by atoms with Crippen LogP contribution in [-0.2, 0) is 9.31 Å².